The summed E-state index contributed by atoms with van der Waals surface area (Å²) < 4.78 is 0. The third-order valence-electron chi connectivity index (χ3n) is 4.23. The van der Waals surface area contributed by atoms with Crippen molar-refractivity contribution >= 4 is 17.8 Å². The molecule has 0 aliphatic carbocycles. The number of hydrogen-bond donors (Lipinski definition) is 1. The Hall–Kier alpha value is -2.96. The van der Waals surface area contributed by atoms with Crippen LogP contribution in [0.3, 0.4) is 0 Å². The molecule has 1 fully saturated rings. The maximum Gasteiger partial charge on any atom is 0.407 e. The molecule has 0 bridgehead atoms. The number of amides is 2. The maximum atomic E-state index is 12.6. The summed E-state index contributed by atoms with van der Waals surface area (Å²) in [4.78, 5) is 26.3. The number of hydrogen-bond acceptors (Lipinski definition) is 4. The van der Waals surface area contributed by atoms with Crippen molar-refractivity contribution in [1.29, 1.82) is 0 Å². The second kappa shape index (κ2) is 6.66. The second-order valence-electron chi connectivity index (χ2n) is 5.78. The molecule has 7 heteroatoms. The molecule has 0 unspecified atom stereocenters. The number of carbonyl (C=O) groups is 2. The SMILES string of the molecule is CN(C(=O)[C@@H]1CCN(C(=O)O)C1)c1cc(-c2ccccc2)cnn1. The van der Waals surface area contributed by atoms with Crippen LogP contribution in [0, 0.1) is 5.92 Å². The summed E-state index contributed by atoms with van der Waals surface area (Å²) >= 11 is 0. The summed E-state index contributed by atoms with van der Waals surface area (Å²) in [6.07, 6.45) is 1.19. The highest BCUT2D eigenvalue weighted by molar-refractivity contribution is 5.94. The van der Waals surface area contributed by atoms with Crippen molar-refractivity contribution in [2.45, 2.75) is 6.42 Å². The van der Waals surface area contributed by atoms with Gasteiger partial charge < -0.3 is 10.0 Å². The van der Waals surface area contributed by atoms with E-state index in [4.69, 9.17) is 5.11 Å². The Bertz CT molecular complexity index is 751. The van der Waals surface area contributed by atoms with Gasteiger partial charge in [-0.15, -0.1) is 5.10 Å². The molecule has 24 heavy (non-hydrogen) atoms. The van der Waals surface area contributed by atoms with Gasteiger partial charge in [-0.1, -0.05) is 30.3 Å². The highest BCUT2D eigenvalue weighted by Crippen LogP contribution is 2.24. The van der Waals surface area contributed by atoms with Crippen LogP contribution in [-0.2, 0) is 4.79 Å². The molecule has 1 saturated heterocycles. The number of nitrogens with zero attached hydrogens (tertiary/aromatic N) is 4. The Morgan fingerprint density at radius 1 is 1.25 bits per heavy atom. The third kappa shape index (κ3) is 3.19. The van der Waals surface area contributed by atoms with Gasteiger partial charge in [-0.3, -0.25) is 9.69 Å². The Balaban J connectivity index is 1.77. The normalized spacial score (nSPS) is 16.9. The zero-order valence-corrected chi connectivity index (χ0v) is 13.3. The predicted molar refractivity (Wildman–Crippen MR) is 88.6 cm³/mol. The highest BCUT2D eigenvalue weighted by atomic mass is 16.4. The van der Waals surface area contributed by atoms with Gasteiger partial charge in [0.05, 0.1) is 12.1 Å². The Morgan fingerprint density at radius 3 is 2.67 bits per heavy atom. The summed E-state index contributed by atoms with van der Waals surface area (Å²) in [5.41, 5.74) is 1.87. The molecule has 0 radical (unpaired) electrons. The molecule has 3 rings (SSSR count). The first-order chi connectivity index (χ1) is 11.6. The lowest BCUT2D eigenvalue weighted by Gasteiger charge is -2.20. The topological polar surface area (TPSA) is 86.6 Å². The van der Waals surface area contributed by atoms with Gasteiger partial charge in [0.1, 0.15) is 0 Å². The van der Waals surface area contributed by atoms with Crippen molar-refractivity contribution in [3.8, 4) is 11.1 Å². The van der Waals surface area contributed by atoms with Crippen LogP contribution in [0.2, 0.25) is 0 Å². The van der Waals surface area contributed by atoms with E-state index in [1.165, 1.54) is 9.80 Å². The van der Waals surface area contributed by atoms with Gasteiger partial charge in [0.2, 0.25) is 5.91 Å². The molecule has 1 aliphatic rings. The molecule has 1 N–H and O–H groups in total. The number of carbonyl (C=O) groups excluding carboxylic acids is 1. The minimum absolute atomic E-state index is 0.140. The van der Waals surface area contributed by atoms with Crippen LogP contribution < -0.4 is 4.90 Å². The largest absolute Gasteiger partial charge is 0.465 e. The lowest BCUT2D eigenvalue weighted by atomic mass is 10.1. The van der Waals surface area contributed by atoms with Gasteiger partial charge >= 0.3 is 6.09 Å². The van der Waals surface area contributed by atoms with E-state index in [2.05, 4.69) is 10.2 Å². The van der Waals surface area contributed by atoms with Gasteiger partial charge in [0.25, 0.3) is 0 Å². The number of likely N-dealkylation sites (tertiary alicyclic amines) is 1. The first-order valence-corrected chi connectivity index (χ1v) is 7.70. The molecule has 2 heterocycles. The summed E-state index contributed by atoms with van der Waals surface area (Å²) in [6.45, 7) is 0.611. The third-order valence-corrected chi connectivity index (χ3v) is 4.23. The van der Waals surface area contributed by atoms with Crippen LogP contribution >= 0.6 is 0 Å². The van der Waals surface area contributed by atoms with Crippen LogP contribution in [0.1, 0.15) is 6.42 Å². The van der Waals surface area contributed by atoms with Crippen LogP contribution in [0.4, 0.5) is 10.6 Å². The minimum atomic E-state index is -0.987. The van der Waals surface area contributed by atoms with Crippen LogP contribution in [0.5, 0.6) is 0 Å². The smallest absolute Gasteiger partial charge is 0.407 e. The van der Waals surface area contributed by atoms with E-state index in [1.54, 1.807) is 13.2 Å². The van der Waals surface area contributed by atoms with Gasteiger partial charge in [0, 0.05) is 25.7 Å². The van der Waals surface area contributed by atoms with Crippen molar-refractivity contribution in [1.82, 2.24) is 15.1 Å². The second-order valence-corrected chi connectivity index (χ2v) is 5.78. The van der Waals surface area contributed by atoms with E-state index < -0.39 is 6.09 Å². The van der Waals surface area contributed by atoms with Gasteiger partial charge in [-0.05, 0) is 18.1 Å². The van der Waals surface area contributed by atoms with Crippen molar-refractivity contribution in [3.63, 3.8) is 0 Å². The summed E-state index contributed by atoms with van der Waals surface area (Å²) in [5, 5.41) is 17.0. The number of aromatic nitrogens is 2. The standard InChI is InChI=1S/C17H18N4O3/c1-20(16(22)13-7-8-21(11-13)17(23)24)15-9-14(10-18-19-15)12-5-3-2-4-6-12/h2-6,9-10,13H,7-8,11H2,1H3,(H,23,24)/t13-/m1/s1. The molecule has 0 spiro atoms. The van der Waals surface area contributed by atoms with E-state index >= 15 is 0 Å². The first kappa shape index (κ1) is 15.9. The van der Waals surface area contributed by atoms with Gasteiger partial charge in [-0.25, -0.2) is 4.79 Å². The molecule has 0 saturated carbocycles. The van der Waals surface area contributed by atoms with Crippen LogP contribution in [0.15, 0.2) is 42.6 Å². The first-order valence-electron chi connectivity index (χ1n) is 7.70. The zero-order valence-electron chi connectivity index (χ0n) is 13.3. The average molecular weight is 326 g/mol. The van der Waals surface area contributed by atoms with Crippen molar-refractivity contribution in [2.24, 2.45) is 5.92 Å². The summed E-state index contributed by atoms with van der Waals surface area (Å²) in [7, 11) is 1.64. The monoisotopic (exact) mass is 326 g/mol. The fraction of sp³-hybridized carbons (Fsp3) is 0.294. The molecular formula is C17H18N4O3. The lowest BCUT2D eigenvalue weighted by molar-refractivity contribution is -0.121. The summed E-state index contributed by atoms with van der Waals surface area (Å²) in [5.74, 6) is -0.0262. The Morgan fingerprint density at radius 2 is 2.00 bits per heavy atom. The van der Waals surface area contributed by atoms with E-state index in [-0.39, 0.29) is 18.4 Å². The van der Waals surface area contributed by atoms with Gasteiger partial charge in [-0.2, -0.15) is 5.10 Å². The molecule has 7 nitrogen and oxygen atoms in total. The fourth-order valence-corrected chi connectivity index (χ4v) is 2.83. The molecule has 1 atom stereocenters. The molecule has 1 aliphatic heterocycles. The van der Waals surface area contributed by atoms with Crippen LogP contribution in [0.25, 0.3) is 11.1 Å². The molecule has 2 amide bonds. The molecule has 1 aromatic heterocycles. The fourth-order valence-electron chi connectivity index (χ4n) is 2.83. The predicted octanol–water partition coefficient (Wildman–Crippen LogP) is 2.11. The molecular weight excluding hydrogens is 308 g/mol. The van der Waals surface area contributed by atoms with Crippen molar-refractivity contribution < 1.29 is 14.7 Å². The van der Waals surface area contributed by atoms with Crippen molar-refractivity contribution in [3.05, 3.63) is 42.6 Å². The minimum Gasteiger partial charge on any atom is -0.465 e. The Kier molecular flexibility index (Phi) is 4.41. The summed E-state index contributed by atoms with van der Waals surface area (Å²) in [6, 6.07) is 11.5. The lowest BCUT2D eigenvalue weighted by Crippen LogP contribution is -2.36. The molecule has 2 aromatic rings. The molecule has 1 aromatic carbocycles. The van der Waals surface area contributed by atoms with Crippen LogP contribution in [-0.4, -0.2) is 52.3 Å². The number of rotatable bonds is 3. The number of carboxylic acid groups (broad SMARTS) is 1. The van der Waals surface area contributed by atoms with E-state index in [0.29, 0.717) is 18.8 Å². The van der Waals surface area contributed by atoms with E-state index in [9.17, 15) is 9.59 Å². The quantitative estimate of drug-likeness (QED) is 0.933. The highest BCUT2D eigenvalue weighted by Gasteiger charge is 2.33. The number of anilines is 1. The van der Waals surface area contributed by atoms with E-state index in [1.807, 2.05) is 36.4 Å². The number of benzene rings is 1. The van der Waals surface area contributed by atoms with E-state index in [0.717, 1.165) is 11.1 Å². The van der Waals surface area contributed by atoms with Gasteiger partial charge in [0.15, 0.2) is 5.82 Å². The average Bonchev–Trinajstić information content (AvgIpc) is 3.12. The zero-order chi connectivity index (χ0) is 17.1. The van der Waals surface area contributed by atoms with Crippen molar-refractivity contribution in [2.75, 3.05) is 25.0 Å². The molecule has 124 valence electrons. The maximum absolute atomic E-state index is 12.6. The Labute approximate surface area is 139 Å².